The van der Waals surface area contributed by atoms with Crippen molar-refractivity contribution in [2.24, 2.45) is 22.2 Å². The number of fused-ring (bicyclic) bond motifs is 2. The number of aliphatic hydroxyl groups is 3. The van der Waals surface area contributed by atoms with Crippen LogP contribution in [0.4, 0.5) is 11.9 Å². The van der Waals surface area contributed by atoms with Crippen molar-refractivity contribution < 1.29 is 58.2 Å². The molecular formula is C46H60N12O12. The van der Waals surface area contributed by atoms with Crippen molar-refractivity contribution >= 4 is 63.3 Å². The van der Waals surface area contributed by atoms with Gasteiger partial charge in [0.15, 0.2) is 6.29 Å². The number of unbranched alkanes of at least 4 members (excludes halogenated alkanes) is 1. The molecule has 1 aliphatic heterocycles. The first kappa shape index (κ1) is 52.2. The number of carbonyl (C=O) groups is 4. The summed E-state index contributed by atoms with van der Waals surface area (Å²) in [6, 6.07) is 7.59. The molecule has 2 aromatic carbocycles. The van der Waals surface area contributed by atoms with Gasteiger partial charge in [-0.05, 0) is 76.9 Å². The fourth-order valence-electron chi connectivity index (χ4n) is 7.81. The Hall–Kier alpha value is -7.22. The lowest BCUT2D eigenvalue weighted by atomic mass is 9.99. The van der Waals surface area contributed by atoms with Crippen LogP contribution < -0.4 is 37.3 Å². The van der Waals surface area contributed by atoms with Gasteiger partial charge in [-0.25, -0.2) is 9.97 Å². The lowest BCUT2D eigenvalue weighted by Crippen LogP contribution is -2.59. The average molecular weight is 973 g/mol. The predicted octanol–water partition coefficient (Wildman–Crippen LogP) is 1.52. The van der Waals surface area contributed by atoms with E-state index in [2.05, 4.69) is 25.7 Å². The molecule has 0 unspecified atom stereocenters. The first-order valence-electron chi connectivity index (χ1n) is 22.5. The lowest BCUT2D eigenvalue weighted by Gasteiger charge is -2.41. The topological polar surface area (TPSA) is 343 Å². The van der Waals surface area contributed by atoms with E-state index in [1.807, 2.05) is 6.92 Å². The van der Waals surface area contributed by atoms with Gasteiger partial charge < -0.3 is 65.3 Å². The molecule has 0 aliphatic carbocycles. The minimum Gasteiger partial charge on any atom is -0.494 e. The highest BCUT2D eigenvalue weighted by Gasteiger charge is 2.45. The zero-order valence-corrected chi connectivity index (χ0v) is 39.7. The number of nitrogens with one attached hydrogen (secondary N) is 2. The van der Waals surface area contributed by atoms with Crippen LogP contribution in [-0.4, -0.2) is 145 Å². The number of methoxy groups -OCH3 is 2. The van der Waals surface area contributed by atoms with E-state index in [0.29, 0.717) is 53.9 Å². The van der Waals surface area contributed by atoms with Crippen molar-refractivity contribution in [2.45, 2.75) is 90.9 Å². The molecule has 70 heavy (non-hydrogen) atoms. The smallest absolute Gasteiger partial charge is 0.276 e. The Morgan fingerprint density at radius 1 is 0.857 bits per heavy atom. The highest BCUT2D eigenvalue weighted by Crippen LogP contribution is 2.33. The number of carbonyl (C=O) groups excluding carboxylic acids is 4. The first-order valence-corrected chi connectivity index (χ1v) is 22.5. The Balaban J connectivity index is 1.33. The van der Waals surface area contributed by atoms with Crippen LogP contribution in [0.5, 0.6) is 11.5 Å². The molecule has 0 radical (unpaired) electrons. The highest BCUT2D eigenvalue weighted by molar-refractivity contribution is 6.47. The molecule has 24 heteroatoms. The molecule has 1 aliphatic rings. The number of allylic oxidation sites excluding steroid dienone is 3. The van der Waals surface area contributed by atoms with Gasteiger partial charge in [0.05, 0.1) is 37.1 Å². The summed E-state index contributed by atoms with van der Waals surface area (Å²) in [5, 5.41) is 40.7. The number of aromatic nitrogens is 6. The Morgan fingerprint density at radius 3 is 2.01 bits per heavy atom. The van der Waals surface area contributed by atoms with E-state index in [1.165, 1.54) is 44.6 Å². The second kappa shape index (κ2) is 23.4. The van der Waals surface area contributed by atoms with Gasteiger partial charge >= 0.3 is 0 Å². The zero-order chi connectivity index (χ0) is 50.8. The first-order chi connectivity index (χ1) is 33.5. The van der Waals surface area contributed by atoms with E-state index < -0.39 is 60.9 Å². The van der Waals surface area contributed by atoms with Gasteiger partial charge in [-0.1, -0.05) is 12.2 Å². The van der Waals surface area contributed by atoms with E-state index >= 15 is 0 Å². The van der Waals surface area contributed by atoms with Gasteiger partial charge in [0.1, 0.15) is 58.4 Å². The Labute approximate surface area is 402 Å². The number of hydrogen-bond donors (Lipinski definition) is 8. The van der Waals surface area contributed by atoms with Crippen molar-refractivity contribution in [1.82, 2.24) is 28.9 Å². The number of aryl methyl sites for hydroxylation is 2. The van der Waals surface area contributed by atoms with Crippen LogP contribution in [0.25, 0.3) is 22.1 Å². The number of rotatable bonds is 23. The third-order valence-electron chi connectivity index (χ3n) is 11.1. The van der Waals surface area contributed by atoms with E-state index in [0.717, 1.165) is 0 Å². The number of nitrogens with two attached hydrogens (primary N) is 3. The fourth-order valence-corrected chi connectivity index (χ4v) is 7.81. The van der Waals surface area contributed by atoms with Crippen LogP contribution in [0.2, 0.25) is 0 Å². The van der Waals surface area contributed by atoms with Crippen molar-refractivity contribution in [3.8, 4) is 11.5 Å². The lowest BCUT2D eigenvalue weighted by molar-refractivity contribution is -0.303. The number of ether oxygens (including phenoxy) is 5. The standard InChI is InChI=1S/C46H60N12O12/c1-7-50-30(17-24(3)47)42(64)53-45-51-28-19-26(40(48)62)21-32(66-5)35(28)56(45)13-9-10-14-57-36-29(52-46(57)54-43(65)31-18-25(4)55-58(31)8-2)20-27(41(49)63)22-33(36)68-15-11-12-16-69-39-38(61)37(60)34(23-59)70-44(39)67-6/h9-10,17-22,34,37-39,44,59-61H,7-8,11-16,23,47H2,1-6H3,(H2,48,62)(H2,49,63)(H,51,53,64)(H,52,54,65)/b10-9+,24-17?,50-30?/t34-,37-,38+,39-,44+/m1/s1. The molecule has 11 N–H and O–H groups in total. The maximum absolute atomic E-state index is 13.9. The molecule has 3 aromatic heterocycles. The SMILES string of the molecule is CCN=C(C=C(C)N)C(=O)Nc1nc2cc(C(N)=O)cc(OC)c2n1C/C=C/Cn1c(NC(=O)c2cc(C)nn2CC)nc2cc(C(N)=O)cc(OCCCCO[C@H]3[C@@H](OC)O[C@H](CO)[C@@H](O)[C@@H]3O)c21. The third kappa shape index (κ3) is 11.8. The number of aliphatic imine (C=N–C) groups is 1. The predicted molar refractivity (Wildman–Crippen MR) is 257 cm³/mol. The minimum atomic E-state index is -1.39. The molecule has 376 valence electrons. The van der Waals surface area contributed by atoms with Crippen molar-refractivity contribution in [3.63, 3.8) is 0 Å². The summed E-state index contributed by atoms with van der Waals surface area (Å²) in [7, 11) is 2.78. The maximum atomic E-state index is 13.9. The maximum Gasteiger partial charge on any atom is 0.276 e. The van der Waals surface area contributed by atoms with Crippen molar-refractivity contribution in [3.05, 3.63) is 76.8 Å². The molecule has 4 amide bonds. The van der Waals surface area contributed by atoms with Crippen LogP contribution >= 0.6 is 0 Å². The Morgan fingerprint density at radius 2 is 1.46 bits per heavy atom. The highest BCUT2D eigenvalue weighted by atomic mass is 16.7. The minimum absolute atomic E-state index is 0.0684. The monoisotopic (exact) mass is 972 g/mol. The van der Waals surface area contributed by atoms with Crippen LogP contribution in [0, 0.1) is 6.92 Å². The van der Waals surface area contributed by atoms with E-state index in [-0.39, 0.29) is 77.7 Å². The molecule has 5 atom stereocenters. The number of nitrogens with zero attached hydrogens (tertiary/aromatic N) is 7. The summed E-state index contributed by atoms with van der Waals surface area (Å²) in [4.78, 5) is 66.0. The second-order valence-corrected chi connectivity index (χ2v) is 16.2. The summed E-state index contributed by atoms with van der Waals surface area (Å²) in [5.41, 5.74) is 20.3. The summed E-state index contributed by atoms with van der Waals surface area (Å²) < 4.78 is 33.6. The van der Waals surface area contributed by atoms with Gasteiger partial charge in [-0.3, -0.25) is 39.5 Å². The van der Waals surface area contributed by atoms with Gasteiger partial charge in [0.25, 0.3) is 11.8 Å². The summed E-state index contributed by atoms with van der Waals surface area (Å²) in [5.74, 6) is -1.86. The van der Waals surface area contributed by atoms with E-state index in [4.69, 9.17) is 45.9 Å². The number of anilines is 2. The summed E-state index contributed by atoms with van der Waals surface area (Å²) in [6.45, 7) is 7.61. The molecular weight excluding hydrogens is 913 g/mol. The Bertz CT molecular complexity index is 2810. The van der Waals surface area contributed by atoms with Gasteiger partial charge in [0.2, 0.25) is 23.7 Å². The number of aliphatic hydroxyl groups excluding tert-OH is 3. The van der Waals surface area contributed by atoms with Crippen LogP contribution in [-0.2, 0) is 38.6 Å². The molecule has 1 fully saturated rings. The van der Waals surface area contributed by atoms with Gasteiger partial charge in [0, 0.05) is 56.7 Å². The number of hydrogen-bond acceptors (Lipinski definition) is 17. The van der Waals surface area contributed by atoms with Crippen LogP contribution in [0.3, 0.4) is 0 Å². The normalized spacial score (nSPS) is 18.7. The van der Waals surface area contributed by atoms with Crippen molar-refractivity contribution in [2.75, 3.05) is 51.2 Å². The molecule has 0 bridgehead atoms. The van der Waals surface area contributed by atoms with Gasteiger partial charge in [-0.2, -0.15) is 5.10 Å². The fraction of sp³-hybridized carbons (Fsp3) is 0.435. The second-order valence-electron chi connectivity index (χ2n) is 16.2. The number of imidazole rings is 2. The molecule has 24 nitrogen and oxygen atoms in total. The summed E-state index contributed by atoms with van der Waals surface area (Å²) in [6.07, 6.45) is -0.0380. The quantitative estimate of drug-likeness (QED) is 0.0261. The molecule has 4 heterocycles. The molecule has 0 saturated carbocycles. The average Bonchev–Trinajstić information content (AvgIpc) is 4.00. The van der Waals surface area contributed by atoms with E-state index in [1.54, 1.807) is 52.8 Å². The summed E-state index contributed by atoms with van der Waals surface area (Å²) >= 11 is 0. The Kier molecular flexibility index (Phi) is 17.4. The van der Waals surface area contributed by atoms with Crippen molar-refractivity contribution in [1.29, 1.82) is 0 Å². The molecule has 1 saturated heterocycles. The number of amides is 4. The number of primary amides is 2. The van der Waals surface area contributed by atoms with Crippen LogP contribution in [0.15, 0.2) is 59.2 Å². The largest absolute Gasteiger partial charge is 0.494 e. The zero-order valence-electron chi connectivity index (χ0n) is 39.7. The number of benzene rings is 2. The van der Waals surface area contributed by atoms with Crippen LogP contribution in [0.1, 0.15) is 70.5 Å². The molecule has 5 aromatic rings. The van der Waals surface area contributed by atoms with E-state index in [9.17, 15) is 34.5 Å². The molecule has 0 spiro atoms. The molecule has 6 rings (SSSR count). The van der Waals surface area contributed by atoms with Gasteiger partial charge in [-0.15, -0.1) is 0 Å². The third-order valence-corrected chi connectivity index (χ3v) is 11.1.